The first-order chi connectivity index (χ1) is 7.68. The number of rotatable bonds is 2. The van der Waals surface area contributed by atoms with Gasteiger partial charge in [-0.25, -0.2) is 0 Å². The molecule has 0 aliphatic carbocycles. The Morgan fingerprint density at radius 2 is 1.75 bits per heavy atom. The van der Waals surface area contributed by atoms with E-state index in [4.69, 9.17) is 9.47 Å². The van der Waals surface area contributed by atoms with E-state index in [9.17, 15) is 15.3 Å². The molecule has 5 nitrogen and oxygen atoms in total. The van der Waals surface area contributed by atoms with E-state index >= 15 is 0 Å². The van der Waals surface area contributed by atoms with Crippen molar-refractivity contribution in [3.63, 3.8) is 0 Å². The lowest BCUT2D eigenvalue weighted by Gasteiger charge is -2.34. The predicted molar refractivity (Wildman–Crippen MR) is 54.8 cm³/mol. The van der Waals surface area contributed by atoms with Gasteiger partial charge in [0, 0.05) is 0 Å². The molecule has 0 spiro atoms. The summed E-state index contributed by atoms with van der Waals surface area (Å²) in [4.78, 5) is 0. The van der Waals surface area contributed by atoms with Crippen molar-refractivity contribution in [1.82, 2.24) is 0 Å². The second kappa shape index (κ2) is 4.80. The Balaban J connectivity index is 2.00. The standard InChI is InChI=1S/C11H14O5/c12-8-6-15-11(10(14)9(8)13)16-7-4-2-1-3-5-7/h1-5,8-14H,6H2/t8?,9?,10-,11-/m0/s1. The molecular weight excluding hydrogens is 212 g/mol. The average Bonchev–Trinajstić information content (AvgIpc) is 2.31. The predicted octanol–water partition coefficient (Wildman–Crippen LogP) is -0.496. The van der Waals surface area contributed by atoms with E-state index in [2.05, 4.69) is 0 Å². The minimum atomic E-state index is -1.26. The largest absolute Gasteiger partial charge is 0.462 e. The fourth-order valence-corrected chi connectivity index (χ4v) is 1.52. The third-order valence-electron chi connectivity index (χ3n) is 2.45. The quantitative estimate of drug-likeness (QED) is 0.634. The van der Waals surface area contributed by atoms with E-state index in [1.165, 1.54) is 0 Å². The van der Waals surface area contributed by atoms with Gasteiger partial charge in [0.1, 0.15) is 24.1 Å². The molecule has 0 aromatic heterocycles. The lowest BCUT2D eigenvalue weighted by atomic mass is 10.1. The number of para-hydroxylation sites is 1. The minimum Gasteiger partial charge on any atom is -0.462 e. The molecule has 16 heavy (non-hydrogen) atoms. The van der Waals surface area contributed by atoms with E-state index in [0.717, 1.165) is 0 Å². The molecule has 0 bridgehead atoms. The molecule has 1 aromatic rings. The van der Waals surface area contributed by atoms with Crippen LogP contribution >= 0.6 is 0 Å². The number of ether oxygens (including phenoxy) is 2. The van der Waals surface area contributed by atoms with Gasteiger partial charge in [-0.1, -0.05) is 18.2 Å². The molecule has 1 aliphatic heterocycles. The maximum Gasteiger partial charge on any atom is 0.228 e. The summed E-state index contributed by atoms with van der Waals surface area (Å²) in [6.45, 7) is -0.0598. The van der Waals surface area contributed by atoms with Crippen molar-refractivity contribution in [2.75, 3.05) is 6.61 Å². The van der Waals surface area contributed by atoms with E-state index in [-0.39, 0.29) is 6.61 Å². The maximum absolute atomic E-state index is 9.61. The van der Waals surface area contributed by atoms with Crippen LogP contribution < -0.4 is 4.74 Å². The Labute approximate surface area is 92.9 Å². The zero-order valence-corrected chi connectivity index (χ0v) is 8.56. The average molecular weight is 226 g/mol. The summed E-state index contributed by atoms with van der Waals surface area (Å²) in [7, 11) is 0. The summed E-state index contributed by atoms with van der Waals surface area (Å²) in [5, 5.41) is 28.3. The van der Waals surface area contributed by atoms with Crippen LogP contribution in [0.5, 0.6) is 5.75 Å². The van der Waals surface area contributed by atoms with Gasteiger partial charge in [0.2, 0.25) is 6.29 Å². The Hall–Kier alpha value is -1.14. The molecule has 4 atom stereocenters. The van der Waals surface area contributed by atoms with Crippen LogP contribution in [-0.4, -0.2) is 46.5 Å². The highest BCUT2D eigenvalue weighted by Gasteiger charge is 2.38. The van der Waals surface area contributed by atoms with Gasteiger partial charge in [-0.05, 0) is 12.1 Å². The number of hydrogen-bond donors (Lipinski definition) is 3. The van der Waals surface area contributed by atoms with E-state index in [1.54, 1.807) is 24.3 Å². The molecule has 5 heteroatoms. The Morgan fingerprint density at radius 3 is 2.44 bits per heavy atom. The first-order valence-corrected chi connectivity index (χ1v) is 5.06. The lowest BCUT2D eigenvalue weighted by Crippen LogP contribution is -2.54. The summed E-state index contributed by atoms with van der Waals surface area (Å²) in [6, 6.07) is 8.84. The molecule has 1 aliphatic rings. The van der Waals surface area contributed by atoms with Gasteiger partial charge in [0.05, 0.1) is 6.61 Å². The Morgan fingerprint density at radius 1 is 1.06 bits per heavy atom. The van der Waals surface area contributed by atoms with E-state index < -0.39 is 24.6 Å². The molecule has 1 heterocycles. The molecule has 1 fully saturated rings. The number of aliphatic hydroxyl groups is 3. The summed E-state index contributed by atoms with van der Waals surface area (Å²) < 4.78 is 10.4. The van der Waals surface area contributed by atoms with Gasteiger partial charge in [-0.2, -0.15) is 0 Å². The summed E-state index contributed by atoms with van der Waals surface area (Å²) in [6.07, 6.45) is -4.54. The highest BCUT2D eigenvalue weighted by molar-refractivity contribution is 5.21. The molecule has 2 rings (SSSR count). The highest BCUT2D eigenvalue weighted by atomic mass is 16.7. The molecule has 0 saturated carbocycles. The molecule has 0 amide bonds. The molecule has 88 valence electrons. The third kappa shape index (κ3) is 2.33. The number of benzene rings is 1. The van der Waals surface area contributed by atoms with Gasteiger partial charge in [-0.15, -0.1) is 0 Å². The normalized spacial score (nSPS) is 34.7. The molecule has 2 unspecified atom stereocenters. The Bertz CT molecular complexity index is 328. The topological polar surface area (TPSA) is 79.2 Å². The van der Waals surface area contributed by atoms with Crippen LogP contribution in [0, 0.1) is 0 Å². The monoisotopic (exact) mass is 226 g/mol. The molecular formula is C11H14O5. The van der Waals surface area contributed by atoms with Gasteiger partial charge in [0.25, 0.3) is 0 Å². The van der Waals surface area contributed by atoms with Crippen molar-refractivity contribution in [2.24, 2.45) is 0 Å². The van der Waals surface area contributed by atoms with Crippen LogP contribution in [0.3, 0.4) is 0 Å². The smallest absolute Gasteiger partial charge is 0.228 e. The maximum atomic E-state index is 9.61. The second-order valence-corrected chi connectivity index (χ2v) is 3.68. The molecule has 0 radical (unpaired) electrons. The fourth-order valence-electron chi connectivity index (χ4n) is 1.52. The molecule has 3 N–H and O–H groups in total. The van der Waals surface area contributed by atoms with Gasteiger partial charge < -0.3 is 24.8 Å². The van der Waals surface area contributed by atoms with E-state index in [1.807, 2.05) is 6.07 Å². The summed E-state index contributed by atoms with van der Waals surface area (Å²) >= 11 is 0. The third-order valence-corrected chi connectivity index (χ3v) is 2.45. The molecule has 1 aromatic carbocycles. The SMILES string of the molecule is OC1CO[C@@H](Oc2ccccc2)[C@@H](O)C1O. The van der Waals surface area contributed by atoms with Crippen LogP contribution in [0.25, 0.3) is 0 Å². The Kier molecular flexibility index (Phi) is 3.40. The zero-order chi connectivity index (χ0) is 11.5. The first kappa shape index (κ1) is 11.3. The van der Waals surface area contributed by atoms with Crippen molar-refractivity contribution in [3.8, 4) is 5.75 Å². The second-order valence-electron chi connectivity index (χ2n) is 3.68. The van der Waals surface area contributed by atoms with Crippen molar-refractivity contribution in [3.05, 3.63) is 30.3 Å². The van der Waals surface area contributed by atoms with Crippen LogP contribution in [0.15, 0.2) is 30.3 Å². The summed E-state index contributed by atoms with van der Waals surface area (Å²) in [5.74, 6) is 0.537. The van der Waals surface area contributed by atoms with Crippen molar-refractivity contribution >= 4 is 0 Å². The van der Waals surface area contributed by atoms with Crippen LogP contribution in [0.2, 0.25) is 0 Å². The minimum absolute atomic E-state index is 0.0598. The van der Waals surface area contributed by atoms with Crippen molar-refractivity contribution < 1.29 is 24.8 Å². The van der Waals surface area contributed by atoms with E-state index in [0.29, 0.717) is 5.75 Å². The summed E-state index contributed by atoms with van der Waals surface area (Å²) in [5.41, 5.74) is 0. The van der Waals surface area contributed by atoms with Gasteiger partial charge in [-0.3, -0.25) is 0 Å². The van der Waals surface area contributed by atoms with Crippen LogP contribution in [-0.2, 0) is 4.74 Å². The highest BCUT2D eigenvalue weighted by Crippen LogP contribution is 2.19. The van der Waals surface area contributed by atoms with Gasteiger partial charge >= 0.3 is 0 Å². The van der Waals surface area contributed by atoms with Crippen molar-refractivity contribution in [2.45, 2.75) is 24.6 Å². The first-order valence-electron chi connectivity index (χ1n) is 5.06. The fraction of sp³-hybridized carbons (Fsp3) is 0.455. The van der Waals surface area contributed by atoms with Gasteiger partial charge in [0.15, 0.2) is 0 Å². The van der Waals surface area contributed by atoms with Crippen LogP contribution in [0.4, 0.5) is 0 Å². The number of hydrogen-bond acceptors (Lipinski definition) is 5. The molecule has 1 saturated heterocycles. The van der Waals surface area contributed by atoms with Crippen molar-refractivity contribution in [1.29, 1.82) is 0 Å². The number of aliphatic hydroxyl groups excluding tert-OH is 3. The zero-order valence-electron chi connectivity index (χ0n) is 8.56. The lowest BCUT2D eigenvalue weighted by molar-refractivity contribution is -0.242. The van der Waals surface area contributed by atoms with Crippen LogP contribution in [0.1, 0.15) is 0 Å².